The van der Waals surface area contributed by atoms with Crippen LogP contribution >= 0.6 is 0 Å². The Morgan fingerprint density at radius 2 is 1.70 bits per heavy atom. The zero-order valence-corrected chi connectivity index (χ0v) is 24.2. The number of nitriles is 1. The van der Waals surface area contributed by atoms with E-state index in [-0.39, 0.29) is 34.5 Å². The minimum atomic E-state index is -6.02. The lowest BCUT2D eigenvalue weighted by molar-refractivity contribution is -0.141. The van der Waals surface area contributed by atoms with Crippen LogP contribution in [0.1, 0.15) is 45.2 Å². The van der Waals surface area contributed by atoms with Crippen molar-refractivity contribution in [3.05, 3.63) is 36.4 Å². The van der Waals surface area contributed by atoms with Crippen LogP contribution in [0.2, 0.25) is 0 Å². The standard InChI is InChI=1S/C26H28F3N7O6S/c1-25(2,3)41-24(38)34-12-19(13-34)23(37)33-6-4-20(5-7-33)35-15-18(11-31-35)16-8-21(42-43(39,40)26(27,28)29)22-17(9-30)10-32-36(22)14-16/h8,10-11,14-15,19-20H,4-7,12-13H2,1-3H3. The molecule has 5 heterocycles. The summed E-state index contributed by atoms with van der Waals surface area (Å²) in [6.07, 6.45) is 6.38. The molecule has 0 spiro atoms. The second kappa shape index (κ2) is 10.7. The van der Waals surface area contributed by atoms with E-state index >= 15 is 0 Å². The van der Waals surface area contributed by atoms with E-state index in [0.29, 0.717) is 44.6 Å². The van der Waals surface area contributed by atoms with E-state index in [1.807, 2.05) is 0 Å². The van der Waals surface area contributed by atoms with E-state index in [0.717, 1.165) is 16.8 Å². The van der Waals surface area contributed by atoms with Crippen LogP contribution in [-0.4, -0.2) is 86.9 Å². The molecule has 0 atom stereocenters. The summed E-state index contributed by atoms with van der Waals surface area (Å²) in [5.74, 6) is -1.01. The van der Waals surface area contributed by atoms with Gasteiger partial charge in [-0.3, -0.25) is 9.48 Å². The highest BCUT2D eigenvalue weighted by Crippen LogP contribution is 2.35. The van der Waals surface area contributed by atoms with Crippen LogP contribution in [-0.2, 0) is 19.6 Å². The molecule has 0 aromatic carbocycles. The minimum absolute atomic E-state index is 0.0231. The average Bonchev–Trinajstić information content (AvgIpc) is 3.53. The molecule has 2 amide bonds. The second-order valence-corrected chi connectivity index (χ2v) is 12.9. The second-order valence-electron chi connectivity index (χ2n) is 11.4. The van der Waals surface area contributed by atoms with Crippen molar-refractivity contribution in [3.63, 3.8) is 0 Å². The number of hydrogen-bond acceptors (Lipinski definition) is 9. The van der Waals surface area contributed by atoms with E-state index in [1.54, 1.807) is 42.6 Å². The average molecular weight is 624 g/mol. The molecular weight excluding hydrogens is 595 g/mol. The summed E-state index contributed by atoms with van der Waals surface area (Å²) in [4.78, 5) is 28.4. The fraction of sp³-hybridized carbons (Fsp3) is 0.500. The topological polar surface area (TPSA) is 152 Å². The summed E-state index contributed by atoms with van der Waals surface area (Å²) in [5.41, 5.74) is -5.99. The number of aromatic nitrogens is 4. The van der Waals surface area contributed by atoms with Crippen LogP contribution < -0.4 is 4.18 Å². The van der Waals surface area contributed by atoms with Crippen molar-refractivity contribution in [2.24, 2.45) is 5.92 Å². The number of carbonyl (C=O) groups excluding carboxylic acids is 2. The van der Waals surface area contributed by atoms with Gasteiger partial charge in [0.05, 0.1) is 24.4 Å². The van der Waals surface area contributed by atoms with Crippen LogP contribution in [0.25, 0.3) is 16.6 Å². The number of pyridine rings is 1. The number of hydrogen-bond donors (Lipinski definition) is 0. The predicted octanol–water partition coefficient (Wildman–Crippen LogP) is 3.33. The van der Waals surface area contributed by atoms with Gasteiger partial charge in [0, 0.05) is 49.7 Å². The number of ether oxygens (including phenoxy) is 1. The lowest BCUT2D eigenvalue weighted by atomic mass is 9.96. The van der Waals surface area contributed by atoms with Crippen molar-refractivity contribution in [3.8, 4) is 22.9 Å². The van der Waals surface area contributed by atoms with Crippen molar-refractivity contribution in [2.75, 3.05) is 26.2 Å². The fourth-order valence-corrected chi connectivity index (χ4v) is 5.42. The first-order valence-corrected chi connectivity index (χ1v) is 14.7. The first-order valence-electron chi connectivity index (χ1n) is 13.3. The Hall–Kier alpha value is -4.33. The van der Waals surface area contributed by atoms with Gasteiger partial charge in [-0.2, -0.15) is 37.0 Å². The van der Waals surface area contributed by atoms with Crippen molar-refractivity contribution >= 4 is 27.6 Å². The number of likely N-dealkylation sites (tertiary alicyclic amines) is 2. The number of piperidine rings is 1. The molecule has 2 aliphatic heterocycles. The van der Waals surface area contributed by atoms with E-state index in [1.165, 1.54) is 17.3 Å². The Labute approximate surface area is 244 Å². The Balaban J connectivity index is 1.26. The highest BCUT2D eigenvalue weighted by atomic mass is 32.2. The molecule has 17 heteroatoms. The Morgan fingerprint density at radius 3 is 2.30 bits per heavy atom. The Bertz CT molecular complexity index is 1710. The van der Waals surface area contributed by atoms with Gasteiger partial charge in [-0.05, 0) is 39.7 Å². The molecule has 2 saturated heterocycles. The number of fused-ring (bicyclic) bond motifs is 1. The molecule has 43 heavy (non-hydrogen) atoms. The third-order valence-electron chi connectivity index (χ3n) is 7.15. The first kappa shape index (κ1) is 30.1. The summed E-state index contributed by atoms with van der Waals surface area (Å²) >= 11 is 0. The zero-order chi connectivity index (χ0) is 31.3. The number of rotatable bonds is 5. The number of alkyl halides is 3. The molecular formula is C26H28F3N7O6S. The molecule has 0 saturated carbocycles. The Kier molecular flexibility index (Phi) is 7.53. The molecule has 2 fully saturated rings. The molecule has 5 rings (SSSR count). The first-order chi connectivity index (χ1) is 20.1. The van der Waals surface area contributed by atoms with Gasteiger partial charge in [0.2, 0.25) is 5.91 Å². The number of amides is 2. The summed E-state index contributed by atoms with van der Waals surface area (Å²) in [6, 6.07) is 2.77. The summed E-state index contributed by atoms with van der Waals surface area (Å²) < 4.78 is 75.2. The van der Waals surface area contributed by atoms with Crippen molar-refractivity contribution in [2.45, 2.75) is 50.8 Å². The number of nitrogens with zero attached hydrogens (tertiary/aromatic N) is 7. The van der Waals surface area contributed by atoms with Crippen molar-refractivity contribution in [1.82, 2.24) is 29.2 Å². The maximum absolute atomic E-state index is 13.0. The van der Waals surface area contributed by atoms with Crippen LogP contribution in [0.4, 0.5) is 18.0 Å². The van der Waals surface area contributed by atoms with Gasteiger partial charge in [0.1, 0.15) is 22.8 Å². The van der Waals surface area contributed by atoms with Crippen LogP contribution in [0.3, 0.4) is 0 Å². The summed E-state index contributed by atoms with van der Waals surface area (Å²) in [5, 5.41) is 17.7. The van der Waals surface area contributed by atoms with Crippen LogP contribution in [0, 0.1) is 17.2 Å². The van der Waals surface area contributed by atoms with Gasteiger partial charge >= 0.3 is 21.7 Å². The van der Waals surface area contributed by atoms with Gasteiger partial charge in [0.25, 0.3) is 0 Å². The van der Waals surface area contributed by atoms with Gasteiger partial charge in [-0.25, -0.2) is 9.31 Å². The summed E-state index contributed by atoms with van der Waals surface area (Å²) in [6.45, 7) is 6.91. The normalized spacial score (nSPS) is 17.0. The van der Waals surface area contributed by atoms with Gasteiger partial charge in [-0.15, -0.1) is 0 Å². The highest BCUT2D eigenvalue weighted by Gasteiger charge is 2.49. The maximum Gasteiger partial charge on any atom is 0.534 e. The molecule has 3 aromatic rings. The molecule has 0 N–H and O–H groups in total. The van der Waals surface area contributed by atoms with Crippen LogP contribution in [0.15, 0.2) is 30.9 Å². The Morgan fingerprint density at radius 1 is 1.02 bits per heavy atom. The molecule has 0 bridgehead atoms. The van der Waals surface area contributed by atoms with Crippen molar-refractivity contribution in [1.29, 1.82) is 5.26 Å². The van der Waals surface area contributed by atoms with Gasteiger partial charge in [-0.1, -0.05) is 0 Å². The molecule has 0 unspecified atom stereocenters. The number of halogens is 3. The SMILES string of the molecule is CC(C)(C)OC(=O)N1CC(C(=O)N2CCC(n3cc(-c4cc(OS(=O)(=O)C(F)(F)F)c5c(C#N)cnn5c4)cn3)CC2)C1. The molecule has 2 aliphatic rings. The fourth-order valence-electron chi connectivity index (χ4n) is 4.96. The van der Waals surface area contributed by atoms with Gasteiger partial charge < -0.3 is 18.7 Å². The molecule has 0 aliphatic carbocycles. The lowest BCUT2D eigenvalue weighted by Crippen LogP contribution is -2.58. The van der Waals surface area contributed by atoms with E-state index in [4.69, 9.17) is 4.74 Å². The molecule has 230 valence electrons. The lowest BCUT2D eigenvalue weighted by Gasteiger charge is -2.42. The zero-order valence-electron chi connectivity index (χ0n) is 23.4. The predicted molar refractivity (Wildman–Crippen MR) is 143 cm³/mol. The third kappa shape index (κ3) is 6.10. The highest BCUT2D eigenvalue weighted by molar-refractivity contribution is 7.88. The maximum atomic E-state index is 13.0. The van der Waals surface area contributed by atoms with E-state index in [2.05, 4.69) is 14.4 Å². The van der Waals surface area contributed by atoms with E-state index < -0.39 is 33.1 Å². The monoisotopic (exact) mass is 623 g/mol. The molecule has 13 nitrogen and oxygen atoms in total. The molecule has 0 radical (unpaired) electrons. The third-order valence-corrected chi connectivity index (χ3v) is 8.11. The largest absolute Gasteiger partial charge is 0.534 e. The smallest absolute Gasteiger partial charge is 0.444 e. The number of carbonyl (C=O) groups is 2. The minimum Gasteiger partial charge on any atom is -0.444 e. The van der Waals surface area contributed by atoms with Crippen molar-refractivity contribution < 1.29 is 40.1 Å². The molecule has 3 aromatic heterocycles. The summed E-state index contributed by atoms with van der Waals surface area (Å²) in [7, 11) is -6.02. The quantitative estimate of drug-likeness (QED) is 0.308. The van der Waals surface area contributed by atoms with E-state index in [9.17, 15) is 36.4 Å². The van der Waals surface area contributed by atoms with Gasteiger partial charge in [0.15, 0.2) is 5.75 Å². The van der Waals surface area contributed by atoms with Crippen LogP contribution in [0.5, 0.6) is 5.75 Å².